The lowest BCUT2D eigenvalue weighted by Crippen LogP contribution is -2.35. The molecule has 6 heteroatoms. The summed E-state index contributed by atoms with van der Waals surface area (Å²) in [5.41, 5.74) is 1.72. The molecule has 0 aromatic heterocycles. The Balaban J connectivity index is 1.88. The number of hydrogen-bond acceptors (Lipinski definition) is 5. The Kier molecular flexibility index (Phi) is 8.27. The minimum atomic E-state index is -0.896. The van der Waals surface area contributed by atoms with Crippen LogP contribution in [0.1, 0.15) is 31.9 Å². The normalized spacial score (nSPS) is 11.9. The molecule has 29 heavy (non-hydrogen) atoms. The average molecular weight is 397 g/mol. The van der Waals surface area contributed by atoms with E-state index in [0.717, 1.165) is 11.1 Å². The minimum absolute atomic E-state index is 0.0230. The van der Waals surface area contributed by atoms with Crippen molar-refractivity contribution in [3.05, 3.63) is 65.7 Å². The fourth-order valence-electron chi connectivity index (χ4n) is 2.50. The summed E-state index contributed by atoms with van der Waals surface area (Å²) >= 11 is 0. The van der Waals surface area contributed by atoms with Gasteiger partial charge in [0.1, 0.15) is 0 Å². The molecule has 0 aliphatic heterocycles. The number of benzene rings is 2. The predicted octanol–water partition coefficient (Wildman–Crippen LogP) is 3.74. The molecule has 0 fully saturated rings. The van der Waals surface area contributed by atoms with Crippen molar-refractivity contribution in [2.24, 2.45) is 0 Å². The van der Waals surface area contributed by atoms with E-state index in [2.05, 4.69) is 5.32 Å². The molecule has 2 rings (SSSR count). The van der Waals surface area contributed by atoms with Crippen LogP contribution in [-0.4, -0.2) is 31.2 Å². The van der Waals surface area contributed by atoms with E-state index in [0.29, 0.717) is 18.0 Å². The molecule has 0 bridgehead atoms. The number of rotatable bonds is 9. The lowest BCUT2D eigenvalue weighted by molar-refractivity contribution is -0.150. The Labute approximate surface area is 171 Å². The van der Waals surface area contributed by atoms with Crippen molar-refractivity contribution in [3.63, 3.8) is 0 Å². The summed E-state index contributed by atoms with van der Waals surface area (Å²) in [5, 5.41) is 2.74. The van der Waals surface area contributed by atoms with Crippen LogP contribution < -0.4 is 14.8 Å². The zero-order valence-electron chi connectivity index (χ0n) is 17.2. The number of esters is 1. The van der Waals surface area contributed by atoms with Gasteiger partial charge in [-0.3, -0.25) is 4.79 Å². The Bertz CT molecular complexity index is 846. The van der Waals surface area contributed by atoms with Crippen molar-refractivity contribution in [1.82, 2.24) is 5.32 Å². The van der Waals surface area contributed by atoms with Gasteiger partial charge in [0.15, 0.2) is 17.6 Å². The summed E-state index contributed by atoms with van der Waals surface area (Å²) in [7, 11) is 1.56. The van der Waals surface area contributed by atoms with Crippen LogP contribution in [0.5, 0.6) is 11.5 Å². The first kappa shape index (κ1) is 22.0. The van der Waals surface area contributed by atoms with E-state index in [9.17, 15) is 9.59 Å². The number of hydrogen-bond donors (Lipinski definition) is 1. The third-order valence-corrected chi connectivity index (χ3v) is 3.93. The molecule has 0 aliphatic rings. The highest BCUT2D eigenvalue weighted by Crippen LogP contribution is 2.29. The Morgan fingerprint density at radius 2 is 1.76 bits per heavy atom. The lowest BCUT2D eigenvalue weighted by atomic mass is 10.2. The zero-order chi connectivity index (χ0) is 21.2. The summed E-state index contributed by atoms with van der Waals surface area (Å²) in [6, 6.07) is 14.9. The van der Waals surface area contributed by atoms with Gasteiger partial charge in [0.25, 0.3) is 5.91 Å². The van der Waals surface area contributed by atoms with Gasteiger partial charge in [-0.25, -0.2) is 4.79 Å². The van der Waals surface area contributed by atoms with Gasteiger partial charge < -0.3 is 19.5 Å². The van der Waals surface area contributed by atoms with Crippen LogP contribution in [0.2, 0.25) is 0 Å². The number of carbonyl (C=O) groups excluding carboxylic acids is 2. The van der Waals surface area contributed by atoms with Gasteiger partial charge in [-0.15, -0.1) is 0 Å². The second kappa shape index (κ2) is 10.9. The van der Waals surface area contributed by atoms with E-state index in [1.165, 1.54) is 13.0 Å². The number of methoxy groups -OCH3 is 1. The summed E-state index contributed by atoms with van der Waals surface area (Å²) < 4.78 is 16.2. The third-order valence-electron chi connectivity index (χ3n) is 3.93. The topological polar surface area (TPSA) is 73.9 Å². The van der Waals surface area contributed by atoms with Crippen molar-refractivity contribution < 1.29 is 23.8 Å². The highest BCUT2D eigenvalue weighted by molar-refractivity contribution is 5.90. The molecule has 0 saturated carbocycles. The SMILES string of the molecule is COc1cc(/C=C/C(=O)O[C@H](C)C(=O)NCc2ccccc2)ccc1OC(C)C. The van der Waals surface area contributed by atoms with Gasteiger partial charge in [-0.1, -0.05) is 36.4 Å². The van der Waals surface area contributed by atoms with Gasteiger partial charge in [0.2, 0.25) is 0 Å². The Morgan fingerprint density at radius 1 is 1.03 bits per heavy atom. The van der Waals surface area contributed by atoms with E-state index in [1.54, 1.807) is 31.4 Å². The quantitative estimate of drug-likeness (QED) is 0.515. The number of amides is 1. The van der Waals surface area contributed by atoms with Crippen LogP contribution in [0.3, 0.4) is 0 Å². The molecule has 0 unspecified atom stereocenters. The Hall–Kier alpha value is -3.28. The van der Waals surface area contributed by atoms with Crippen molar-refractivity contribution in [1.29, 1.82) is 0 Å². The van der Waals surface area contributed by atoms with E-state index >= 15 is 0 Å². The van der Waals surface area contributed by atoms with Gasteiger partial charge >= 0.3 is 5.97 Å². The second-order valence-electron chi connectivity index (χ2n) is 6.69. The van der Waals surface area contributed by atoms with E-state index in [4.69, 9.17) is 14.2 Å². The maximum atomic E-state index is 12.1. The first-order chi connectivity index (χ1) is 13.9. The first-order valence-corrected chi connectivity index (χ1v) is 9.44. The molecule has 0 aliphatic carbocycles. The first-order valence-electron chi connectivity index (χ1n) is 9.44. The second-order valence-corrected chi connectivity index (χ2v) is 6.69. The molecule has 1 N–H and O–H groups in total. The third kappa shape index (κ3) is 7.33. The zero-order valence-corrected chi connectivity index (χ0v) is 17.2. The predicted molar refractivity (Wildman–Crippen MR) is 112 cm³/mol. The summed E-state index contributed by atoms with van der Waals surface area (Å²) in [6.45, 7) is 5.77. The van der Waals surface area contributed by atoms with Gasteiger partial charge in [0.05, 0.1) is 13.2 Å². The van der Waals surface area contributed by atoms with Crippen LogP contribution >= 0.6 is 0 Å². The van der Waals surface area contributed by atoms with Crippen LogP contribution in [0, 0.1) is 0 Å². The highest BCUT2D eigenvalue weighted by atomic mass is 16.5. The molecule has 0 saturated heterocycles. The maximum absolute atomic E-state index is 12.1. The van der Waals surface area contributed by atoms with Gasteiger partial charge in [0, 0.05) is 12.6 Å². The van der Waals surface area contributed by atoms with E-state index in [-0.39, 0.29) is 12.0 Å². The van der Waals surface area contributed by atoms with E-state index in [1.807, 2.05) is 44.2 Å². The molecule has 0 radical (unpaired) electrons. The Morgan fingerprint density at radius 3 is 2.41 bits per heavy atom. The molecule has 0 heterocycles. The molecule has 1 amide bonds. The van der Waals surface area contributed by atoms with Crippen LogP contribution in [-0.2, 0) is 20.9 Å². The highest BCUT2D eigenvalue weighted by Gasteiger charge is 2.16. The largest absolute Gasteiger partial charge is 0.493 e. The maximum Gasteiger partial charge on any atom is 0.331 e. The molecule has 0 spiro atoms. The summed E-state index contributed by atoms with van der Waals surface area (Å²) in [4.78, 5) is 24.1. The van der Waals surface area contributed by atoms with Crippen molar-refractivity contribution in [2.75, 3.05) is 7.11 Å². The van der Waals surface area contributed by atoms with Crippen LogP contribution in [0.25, 0.3) is 6.08 Å². The van der Waals surface area contributed by atoms with Crippen molar-refractivity contribution in [3.8, 4) is 11.5 Å². The van der Waals surface area contributed by atoms with Crippen molar-refractivity contribution in [2.45, 2.75) is 39.5 Å². The monoisotopic (exact) mass is 397 g/mol. The van der Waals surface area contributed by atoms with Gasteiger partial charge in [-0.2, -0.15) is 0 Å². The molecule has 1 atom stereocenters. The fourth-order valence-corrected chi connectivity index (χ4v) is 2.50. The summed E-state index contributed by atoms with van der Waals surface area (Å²) in [6.07, 6.45) is 2.00. The molecular weight excluding hydrogens is 370 g/mol. The lowest BCUT2D eigenvalue weighted by Gasteiger charge is -2.14. The fraction of sp³-hybridized carbons (Fsp3) is 0.304. The van der Waals surface area contributed by atoms with Crippen molar-refractivity contribution >= 4 is 18.0 Å². The molecule has 2 aromatic carbocycles. The average Bonchev–Trinajstić information content (AvgIpc) is 2.71. The van der Waals surface area contributed by atoms with Gasteiger partial charge in [-0.05, 0) is 50.1 Å². The molecular formula is C23H27NO5. The van der Waals surface area contributed by atoms with Crippen LogP contribution in [0.4, 0.5) is 0 Å². The number of carbonyl (C=O) groups is 2. The number of ether oxygens (including phenoxy) is 3. The minimum Gasteiger partial charge on any atom is -0.493 e. The molecule has 154 valence electrons. The van der Waals surface area contributed by atoms with Crippen LogP contribution in [0.15, 0.2) is 54.6 Å². The standard InChI is InChI=1S/C23H27NO5/c1-16(2)28-20-12-10-18(14-21(20)27-4)11-13-22(25)29-17(3)23(26)24-15-19-8-6-5-7-9-19/h5-14,16-17H,15H2,1-4H3,(H,24,26)/b13-11+/t17-/m1/s1. The summed E-state index contributed by atoms with van der Waals surface area (Å²) in [5.74, 6) is 0.245. The van der Waals surface area contributed by atoms with E-state index < -0.39 is 12.1 Å². The molecule has 2 aromatic rings. The smallest absolute Gasteiger partial charge is 0.331 e. The number of nitrogens with one attached hydrogen (secondary N) is 1. The molecule has 6 nitrogen and oxygen atoms in total.